The highest BCUT2D eigenvalue weighted by Gasteiger charge is 2.23. The predicted octanol–water partition coefficient (Wildman–Crippen LogP) is 3.15. The summed E-state index contributed by atoms with van der Waals surface area (Å²) in [5.74, 6) is 2.50. The van der Waals surface area contributed by atoms with E-state index in [0.29, 0.717) is 18.6 Å². The predicted molar refractivity (Wildman–Crippen MR) is 73.3 cm³/mol. The van der Waals surface area contributed by atoms with Gasteiger partial charge in [-0.15, -0.1) is 0 Å². The molecule has 2 unspecified atom stereocenters. The highest BCUT2D eigenvalue weighted by molar-refractivity contribution is 5.45. The third kappa shape index (κ3) is 2.96. The molecule has 0 saturated carbocycles. The molecule has 0 fully saturated rings. The molecule has 1 N–H and O–H groups in total. The molecule has 18 heavy (non-hydrogen) atoms. The van der Waals surface area contributed by atoms with Crippen LogP contribution >= 0.6 is 0 Å². The Labute approximate surface area is 109 Å². The molecule has 1 aliphatic heterocycles. The van der Waals surface area contributed by atoms with Crippen molar-refractivity contribution in [3.05, 3.63) is 23.8 Å². The van der Waals surface area contributed by atoms with Crippen molar-refractivity contribution in [1.29, 1.82) is 0 Å². The first-order chi connectivity index (χ1) is 8.60. The maximum atomic E-state index is 5.92. The number of likely N-dealkylation sites (N-methyl/N-ethyl adjacent to an activating group) is 1. The molecule has 1 aromatic rings. The van der Waals surface area contributed by atoms with Crippen LogP contribution in [0, 0.1) is 5.92 Å². The Balaban J connectivity index is 2.04. The van der Waals surface area contributed by atoms with Gasteiger partial charge >= 0.3 is 0 Å². The molecule has 1 heterocycles. The van der Waals surface area contributed by atoms with Gasteiger partial charge in [-0.2, -0.15) is 0 Å². The molecule has 2 rings (SSSR count). The van der Waals surface area contributed by atoms with Crippen LogP contribution in [0.1, 0.15) is 38.8 Å². The van der Waals surface area contributed by atoms with Gasteiger partial charge in [-0.3, -0.25) is 0 Å². The standard InChI is InChI=1S/C15H23NO2/c1-10(2)7-11(3)18-12-5-6-13-14(16-4)9-17-15(13)8-12/h5-6,8,10-11,14,16H,7,9H2,1-4H3. The molecule has 3 nitrogen and oxygen atoms in total. The number of fused-ring (bicyclic) bond motifs is 1. The van der Waals surface area contributed by atoms with Crippen LogP contribution in [0.25, 0.3) is 0 Å². The number of hydrogen-bond donors (Lipinski definition) is 1. The molecule has 0 amide bonds. The Morgan fingerprint density at radius 3 is 2.83 bits per heavy atom. The van der Waals surface area contributed by atoms with E-state index in [1.165, 1.54) is 5.56 Å². The lowest BCUT2D eigenvalue weighted by atomic mass is 10.1. The van der Waals surface area contributed by atoms with Crippen LogP contribution in [-0.4, -0.2) is 19.8 Å². The summed E-state index contributed by atoms with van der Waals surface area (Å²) in [6, 6.07) is 6.45. The van der Waals surface area contributed by atoms with Crippen LogP contribution in [0.5, 0.6) is 11.5 Å². The van der Waals surface area contributed by atoms with E-state index in [0.717, 1.165) is 17.9 Å². The monoisotopic (exact) mass is 249 g/mol. The van der Waals surface area contributed by atoms with Crippen LogP contribution in [0.2, 0.25) is 0 Å². The van der Waals surface area contributed by atoms with Gasteiger partial charge in [0.2, 0.25) is 0 Å². The van der Waals surface area contributed by atoms with Gasteiger partial charge in [0.15, 0.2) is 0 Å². The Bertz CT molecular complexity index is 403. The lowest BCUT2D eigenvalue weighted by Gasteiger charge is -2.17. The topological polar surface area (TPSA) is 30.5 Å². The molecule has 2 atom stereocenters. The molecule has 0 aromatic heterocycles. The minimum absolute atomic E-state index is 0.240. The Morgan fingerprint density at radius 2 is 2.17 bits per heavy atom. The average molecular weight is 249 g/mol. The number of benzene rings is 1. The van der Waals surface area contributed by atoms with E-state index in [9.17, 15) is 0 Å². The van der Waals surface area contributed by atoms with Crippen molar-refractivity contribution in [2.45, 2.75) is 39.3 Å². The average Bonchev–Trinajstić information content (AvgIpc) is 2.69. The maximum Gasteiger partial charge on any atom is 0.127 e. The summed E-state index contributed by atoms with van der Waals surface area (Å²) in [5.41, 5.74) is 1.22. The molecule has 0 bridgehead atoms. The van der Waals surface area contributed by atoms with Crippen LogP contribution in [0.15, 0.2) is 18.2 Å². The lowest BCUT2D eigenvalue weighted by Crippen LogP contribution is -2.17. The summed E-state index contributed by atoms with van der Waals surface area (Å²) >= 11 is 0. The molecular weight excluding hydrogens is 226 g/mol. The fourth-order valence-electron chi connectivity index (χ4n) is 2.45. The Hall–Kier alpha value is -1.22. The largest absolute Gasteiger partial charge is 0.491 e. The van der Waals surface area contributed by atoms with Crippen LogP contribution < -0.4 is 14.8 Å². The van der Waals surface area contributed by atoms with Gasteiger partial charge in [0, 0.05) is 11.6 Å². The second-order valence-electron chi connectivity index (χ2n) is 5.41. The second-order valence-corrected chi connectivity index (χ2v) is 5.41. The Kier molecular flexibility index (Phi) is 4.12. The van der Waals surface area contributed by atoms with E-state index in [-0.39, 0.29) is 6.10 Å². The zero-order valence-electron chi connectivity index (χ0n) is 11.7. The molecule has 100 valence electrons. The SMILES string of the molecule is CNC1COc2cc(OC(C)CC(C)C)ccc21. The molecular formula is C15H23NO2. The van der Waals surface area contributed by atoms with Crippen LogP contribution in [-0.2, 0) is 0 Å². The molecule has 0 spiro atoms. The van der Waals surface area contributed by atoms with Crippen molar-refractivity contribution in [2.24, 2.45) is 5.92 Å². The number of ether oxygens (including phenoxy) is 2. The minimum atomic E-state index is 0.240. The molecule has 3 heteroatoms. The molecule has 1 aromatic carbocycles. The van der Waals surface area contributed by atoms with Crippen molar-refractivity contribution >= 4 is 0 Å². The summed E-state index contributed by atoms with van der Waals surface area (Å²) in [6.07, 6.45) is 1.31. The quantitative estimate of drug-likeness (QED) is 0.869. The van der Waals surface area contributed by atoms with Crippen LogP contribution in [0.3, 0.4) is 0 Å². The fourth-order valence-corrected chi connectivity index (χ4v) is 2.45. The van der Waals surface area contributed by atoms with Crippen molar-refractivity contribution in [1.82, 2.24) is 5.32 Å². The van der Waals surface area contributed by atoms with E-state index in [1.54, 1.807) is 0 Å². The molecule has 1 aliphatic rings. The van der Waals surface area contributed by atoms with Gasteiger partial charge in [-0.1, -0.05) is 13.8 Å². The van der Waals surface area contributed by atoms with Gasteiger partial charge in [0.1, 0.15) is 18.1 Å². The van der Waals surface area contributed by atoms with Gasteiger partial charge < -0.3 is 14.8 Å². The van der Waals surface area contributed by atoms with Gasteiger partial charge in [-0.05, 0) is 38.4 Å². The zero-order valence-corrected chi connectivity index (χ0v) is 11.7. The van der Waals surface area contributed by atoms with Gasteiger partial charge in [0.25, 0.3) is 0 Å². The van der Waals surface area contributed by atoms with Gasteiger partial charge in [-0.25, -0.2) is 0 Å². The van der Waals surface area contributed by atoms with Crippen molar-refractivity contribution in [3.8, 4) is 11.5 Å². The lowest BCUT2D eigenvalue weighted by molar-refractivity contribution is 0.192. The van der Waals surface area contributed by atoms with E-state index < -0.39 is 0 Å². The molecule has 0 radical (unpaired) electrons. The third-order valence-corrected chi connectivity index (χ3v) is 3.26. The summed E-state index contributed by atoms with van der Waals surface area (Å²) in [4.78, 5) is 0. The van der Waals surface area contributed by atoms with E-state index in [2.05, 4.69) is 32.2 Å². The minimum Gasteiger partial charge on any atom is -0.491 e. The summed E-state index contributed by atoms with van der Waals surface area (Å²) < 4.78 is 11.6. The smallest absolute Gasteiger partial charge is 0.127 e. The first-order valence-corrected chi connectivity index (χ1v) is 6.70. The van der Waals surface area contributed by atoms with E-state index in [1.807, 2.05) is 19.2 Å². The fraction of sp³-hybridized carbons (Fsp3) is 0.600. The van der Waals surface area contributed by atoms with Gasteiger partial charge in [0.05, 0.1) is 12.1 Å². The Morgan fingerprint density at radius 1 is 1.39 bits per heavy atom. The highest BCUT2D eigenvalue weighted by atomic mass is 16.5. The number of rotatable bonds is 5. The van der Waals surface area contributed by atoms with Crippen molar-refractivity contribution in [2.75, 3.05) is 13.7 Å². The van der Waals surface area contributed by atoms with E-state index in [4.69, 9.17) is 9.47 Å². The first-order valence-electron chi connectivity index (χ1n) is 6.70. The van der Waals surface area contributed by atoms with Crippen molar-refractivity contribution in [3.63, 3.8) is 0 Å². The van der Waals surface area contributed by atoms with Crippen molar-refractivity contribution < 1.29 is 9.47 Å². The zero-order chi connectivity index (χ0) is 13.1. The summed E-state index contributed by atoms with van der Waals surface area (Å²) in [7, 11) is 1.96. The van der Waals surface area contributed by atoms with E-state index >= 15 is 0 Å². The second kappa shape index (κ2) is 5.61. The third-order valence-electron chi connectivity index (χ3n) is 3.26. The number of hydrogen-bond acceptors (Lipinski definition) is 3. The normalized spacial score (nSPS) is 19.5. The molecule has 0 saturated heterocycles. The highest BCUT2D eigenvalue weighted by Crippen LogP contribution is 2.35. The first kappa shape index (κ1) is 13.2. The maximum absolute atomic E-state index is 5.92. The summed E-state index contributed by atoms with van der Waals surface area (Å²) in [6.45, 7) is 7.24. The number of nitrogens with one attached hydrogen (secondary N) is 1. The molecule has 0 aliphatic carbocycles. The van der Waals surface area contributed by atoms with Crippen LogP contribution in [0.4, 0.5) is 0 Å². The summed E-state index contributed by atoms with van der Waals surface area (Å²) in [5, 5.41) is 3.24.